The van der Waals surface area contributed by atoms with Crippen molar-refractivity contribution in [1.29, 1.82) is 0 Å². The molecular formula is C9H12O2. The minimum absolute atomic E-state index is 0.0565. The Labute approximate surface area is 66.9 Å². The Bertz CT molecular complexity index is 190. The van der Waals surface area contributed by atoms with Gasteiger partial charge in [-0.25, -0.2) is 0 Å². The number of ketones is 1. The van der Waals surface area contributed by atoms with Crippen LogP contribution in [0.1, 0.15) is 19.8 Å². The predicted octanol–water partition coefficient (Wildman–Crippen LogP) is 1.00. The largest absolute Gasteiger partial charge is 0.378 e. The second-order valence-electron chi connectivity index (χ2n) is 2.92. The summed E-state index contributed by atoms with van der Waals surface area (Å²) in [5.41, 5.74) is 0. The highest BCUT2D eigenvalue weighted by Gasteiger charge is 2.26. The number of hydrogen-bond acceptors (Lipinski definition) is 2. The van der Waals surface area contributed by atoms with Crippen molar-refractivity contribution in [2.24, 2.45) is 5.92 Å². The van der Waals surface area contributed by atoms with Crippen LogP contribution in [0.2, 0.25) is 0 Å². The van der Waals surface area contributed by atoms with Gasteiger partial charge in [-0.3, -0.25) is 4.79 Å². The van der Waals surface area contributed by atoms with Crippen molar-refractivity contribution in [3.05, 3.63) is 0 Å². The highest BCUT2D eigenvalue weighted by molar-refractivity contribution is 5.83. The van der Waals surface area contributed by atoms with E-state index in [4.69, 9.17) is 11.2 Å². The van der Waals surface area contributed by atoms with Gasteiger partial charge in [0.05, 0.1) is 19.1 Å². The summed E-state index contributed by atoms with van der Waals surface area (Å²) >= 11 is 0. The molecule has 0 aliphatic carbocycles. The van der Waals surface area contributed by atoms with Crippen LogP contribution in [0.4, 0.5) is 0 Å². The molecule has 0 aromatic rings. The highest BCUT2D eigenvalue weighted by atomic mass is 16.5. The van der Waals surface area contributed by atoms with E-state index in [0.29, 0.717) is 6.61 Å². The first-order chi connectivity index (χ1) is 5.24. The van der Waals surface area contributed by atoms with E-state index >= 15 is 0 Å². The third-order valence-corrected chi connectivity index (χ3v) is 1.93. The molecule has 0 N–H and O–H groups in total. The smallest absolute Gasteiger partial charge is 0.150 e. The highest BCUT2D eigenvalue weighted by Crippen LogP contribution is 2.20. The lowest BCUT2D eigenvalue weighted by molar-refractivity contribution is -0.121. The quantitative estimate of drug-likeness (QED) is 0.552. The summed E-state index contributed by atoms with van der Waals surface area (Å²) in [4.78, 5) is 11.2. The van der Waals surface area contributed by atoms with E-state index in [2.05, 4.69) is 5.92 Å². The molecule has 2 unspecified atom stereocenters. The number of terminal acetylenes is 1. The molecule has 2 heteroatoms. The van der Waals surface area contributed by atoms with E-state index in [9.17, 15) is 4.79 Å². The van der Waals surface area contributed by atoms with Crippen molar-refractivity contribution in [3.8, 4) is 12.3 Å². The maximum Gasteiger partial charge on any atom is 0.150 e. The van der Waals surface area contributed by atoms with Gasteiger partial charge in [0.1, 0.15) is 5.78 Å². The molecule has 1 rings (SSSR count). The van der Waals surface area contributed by atoms with Crippen molar-refractivity contribution in [3.63, 3.8) is 0 Å². The van der Waals surface area contributed by atoms with Gasteiger partial charge in [-0.2, -0.15) is 0 Å². The van der Waals surface area contributed by atoms with E-state index in [1.807, 2.05) is 6.92 Å². The van der Waals surface area contributed by atoms with Crippen LogP contribution >= 0.6 is 0 Å². The maximum absolute atomic E-state index is 11.2. The fourth-order valence-electron chi connectivity index (χ4n) is 1.29. The summed E-state index contributed by atoms with van der Waals surface area (Å²) in [6.07, 6.45) is 6.33. The van der Waals surface area contributed by atoms with Crippen LogP contribution in [0.5, 0.6) is 0 Å². The predicted molar refractivity (Wildman–Crippen MR) is 42.0 cm³/mol. The van der Waals surface area contributed by atoms with Crippen LogP contribution in [0.3, 0.4) is 0 Å². The number of carbonyl (C=O) groups is 1. The third-order valence-electron chi connectivity index (χ3n) is 1.93. The molecule has 0 aromatic carbocycles. The molecule has 11 heavy (non-hydrogen) atoms. The first-order valence-corrected chi connectivity index (χ1v) is 3.82. The summed E-state index contributed by atoms with van der Waals surface area (Å²) in [7, 11) is 0. The Hall–Kier alpha value is -0.810. The molecule has 2 atom stereocenters. The Morgan fingerprint density at radius 2 is 2.55 bits per heavy atom. The van der Waals surface area contributed by atoms with Gasteiger partial charge in [-0.05, 0) is 13.3 Å². The summed E-state index contributed by atoms with van der Waals surface area (Å²) < 4.78 is 5.24. The molecule has 1 aliphatic rings. The second-order valence-corrected chi connectivity index (χ2v) is 2.92. The maximum atomic E-state index is 11.2. The van der Waals surface area contributed by atoms with Crippen molar-refractivity contribution < 1.29 is 9.53 Å². The molecule has 1 aliphatic heterocycles. The van der Waals surface area contributed by atoms with Crippen molar-refractivity contribution in [2.45, 2.75) is 25.9 Å². The fraction of sp³-hybridized carbons (Fsp3) is 0.667. The molecule has 1 saturated heterocycles. The van der Waals surface area contributed by atoms with Gasteiger partial charge in [-0.15, -0.1) is 6.42 Å². The number of Topliss-reactive ketones (excluding diaryl/α,β-unsaturated/α-hetero) is 1. The van der Waals surface area contributed by atoms with Gasteiger partial charge in [-0.1, -0.05) is 5.92 Å². The molecule has 0 saturated carbocycles. The lowest BCUT2D eigenvalue weighted by Gasteiger charge is -2.01. The summed E-state index contributed by atoms with van der Waals surface area (Å²) in [5, 5.41) is 0. The summed E-state index contributed by atoms with van der Waals surface area (Å²) in [6, 6.07) is 0. The van der Waals surface area contributed by atoms with Gasteiger partial charge < -0.3 is 4.74 Å². The SMILES string of the molecule is C#CCC(=O)C1COC(C)C1. The zero-order chi connectivity index (χ0) is 8.27. The van der Waals surface area contributed by atoms with Crippen molar-refractivity contribution >= 4 is 5.78 Å². The van der Waals surface area contributed by atoms with E-state index in [-0.39, 0.29) is 24.2 Å². The fourth-order valence-corrected chi connectivity index (χ4v) is 1.29. The van der Waals surface area contributed by atoms with E-state index in [1.54, 1.807) is 0 Å². The van der Waals surface area contributed by atoms with Crippen LogP contribution in [-0.2, 0) is 9.53 Å². The first-order valence-electron chi connectivity index (χ1n) is 3.82. The van der Waals surface area contributed by atoms with Crippen LogP contribution in [-0.4, -0.2) is 18.5 Å². The standard InChI is InChI=1S/C9H12O2/c1-3-4-9(10)8-5-7(2)11-6-8/h1,7-8H,4-6H2,2H3. The second kappa shape index (κ2) is 3.54. The molecule has 1 heterocycles. The van der Waals surface area contributed by atoms with Crippen LogP contribution in [0, 0.1) is 18.3 Å². The average Bonchev–Trinajstić information content (AvgIpc) is 2.36. The van der Waals surface area contributed by atoms with Gasteiger partial charge in [0.15, 0.2) is 0 Å². The van der Waals surface area contributed by atoms with Crippen LogP contribution in [0.25, 0.3) is 0 Å². The molecule has 60 valence electrons. The Kier molecular flexibility index (Phi) is 2.67. The van der Waals surface area contributed by atoms with Crippen LogP contribution in [0.15, 0.2) is 0 Å². The minimum atomic E-state index is 0.0565. The number of rotatable bonds is 2. The zero-order valence-corrected chi connectivity index (χ0v) is 6.67. The summed E-state index contributed by atoms with van der Waals surface area (Å²) in [6.45, 7) is 2.53. The molecular weight excluding hydrogens is 140 g/mol. The zero-order valence-electron chi connectivity index (χ0n) is 6.67. The number of hydrogen-bond donors (Lipinski definition) is 0. The van der Waals surface area contributed by atoms with E-state index in [0.717, 1.165) is 6.42 Å². The molecule has 0 radical (unpaired) electrons. The van der Waals surface area contributed by atoms with Gasteiger partial charge in [0, 0.05) is 5.92 Å². The third kappa shape index (κ3) is 2.06. The minimum Gasteiger partial charge on any atom is -0.378 e. The topological polar surface area (TPSA) is 26.3 Å². The normalized spacial score (nSPS) is 29.8. The lowest BCUT2D eigenvalue weighted by Crippen LogP contribution is -2.13. The molecule has 0 spiro atoms. The Morgan fingerprint density at radius 3 is 3.00 bits per heavy atom. The monoisotopic (exact) mass is 152 g/mol. The van der Waals surface area contributed by atoms with Crippen molar-refractivity contribution in [2.75, 3.05) is 6.61 Å². The number of carbonyl (C=O) groups excluding carboxylic acids is 1. The lowest BCUT2D eigenvalue weighted by atomic mass is 9.99. The molecule has 0 amide bonds. The number of ether oxygens (including phenoxy) is 1. The van der Waals surface area contributed by atoms with Gasteiger partial charge in [0.25, 0.3) is 0 Å². The molecule has 0 aromatic heterocycles. The molecule has 1 fully saturated rings. The van der Waals surface area contributed by atoms with E-state index < -0.39 is 0 Å². The molecule has 0 bridgehead atoms. The first kappa shape index (κ1) is 8.29. The van der Waals surface area contributed by atoms with Gasteiger partial charge in [0.2, 0.25) is 0 Å². The Balaban J connectivity index is 2.38. The van der Waals surface area contributed by atoms with Gasteiger partial charge >= 0.3 is 0 Å². The van der Waals surface area contributed by atoms with Crippen LogP contribution < -0.4 is 0 Å². The van der Waals surface area contributed by atoms with Crippen molar-refractivity contribution in [1.82, 2.24) is 0 Å². The summed E-state index contributed by atoms with van der Waals surface area (Å²) in [5.74, 6) is 2.56. The molecule has 2 nitrogen and oxygen atoms in total. The Morgan fingerprint density at radius 1 is 1.82 bits per heavy atom. The average molecular weight is 152 g/mol. The van der Waals surface area contributed by atoms with E-state index in [1.165, 1.54) is 0 Å².